The van der Waals surface area contributed by atoms with Crippen LogP contribution in [0, 0.1) is 40.9 Å². The number of unbranched alkanes of at least 4 members (excludes halogenated alkanes) is 1. The highest BCUT2D eigenvalue weighted by Gasteiger charge is 2.41. The zero-order chi connectivity index (χ0) is 85.8. The number of nitrogens with zero attached hydrogens (tertiary/aromatic N) is 1. The zero-order valence-corrected chi connectivity index (χ0v) is 70.1. The Balaban J connectivity index is 1.85. The third-order valence-corrected chi connectivity index (χ3v) is 22.7. The molecule has 4 rings (SSSR count). The Morgan fingerprint density at radius 3 is 1.71 bits per heavy atom. The van der Waals surface area contributed by atoms with Crippen LogP contribution in [0.1, 0.15) is 195 Å². The number of phenols is 2. The summed E-state index contributed by atoms with van der Waals surface area (Å²) in [6, 6.07) is 4.85. The number of phenolic OH excluding ortho intramolecular Hbond substituents is 2. The van der Waals surface area contributed by atoms with Crippen molar-refractivity contribution in [2.45, 2.75) is 252 Å². The van der Waals surface area contributed by atoms with Crippen LogP contribution in [0.15, 0.2) is 66.7 Å². The maximum atomic E-state index is 15.4. The Morgan fingerprint density at radius 2 is 1.17 bits per heavy atom. The third kappa shape index (κ3) is 33.7. The predicted molar refractivity (Wildman–Crippen MR) is 438 cm³/mol. The van der Waals surface area contributed by atoms with Crippen molar-refractivity contribution in [1.82, 2.24) is 58.2 Å². The van der Waals surface area contributed by atoms with Gasteiger partial charge in [0.15, 0.2) is 17.3 Å². The lowest BCUT2D eigenvalue weighted by molar-refractivity contribution is -0.141. The van der Waals surface area contributed by atoms with E-state index in [2.05, 4.69) is 53.2 Å². The van der Waals surface area contributed by atoms with Crippen LogP contribution in [0.25, 0.3) is 0 Å². The van der Waals surface area contributed by atoms with Gasteiger partial charge in [-0.05, 0) is 122 Å². The van der Waals surface area contributed by atoms with Gasteiger partial charge < -0.3 is 80.0 Å². The van der Waals surface area contributed by atoms with Gasteiger partial charge in [-0.1, -0.05) is 139 Å². The molecular weight excluding hydrogens is 1520 g/mol. The van der Waals surface area contributed by atoms with Crippen LogP contribution in [-0.4, -0.2) is 188 Å². The molecule has 0 fully saturated rings. The lowest BCUT2D eigenvalue weighted by Crippen LogP contribution is -2.62. The fourth-order valence-electron chi connectivity index (χ4n) is 13.0. The zero-order valence-electron chi connectivity index (χ0n) is 68.5. The number of aromatic hydroxyl groups is 2. The average molecular weight is 1640 g/mol. The molecule has 33 heteroatoms. The first kappa shape index (κ1) is 97.9. The van der Waals surface area contributed by atoms with E-state index in [9.17, 15) is 72.9 Å². The van der Waals surface area contributed by atoms with Crippen molar-refractivity contribution in [3.05, 3.63) is 89.2 Å². The number of fused-ring (bicyclic) bond motifs is 2. The molecule has 1 aromatic heterocycles. The fraction of sp³-hybridized carbons (Fsp3) is 0.610. The lowest BCUT2D eigenvalue weighted by atomic mass is 9.84. The summed E-state index contributed by atoms with van der Waals surface area (Å²) >= 11 is 2.33. The van der Waals surface area contributed by atoms with Crippen LogP contribution in [0.3, 0.4) is 0 Å². The fourth-order valence-corrected chi connectivity index (χ4v) is 15.0. The number of hydrogen-bond acceptors (Lipinski definition) is 21. The summed E-state index contributed by atoms with van der Waals surface area (Å²) in [5.74, 6) is -17.4. The first-order chi connectivity index (χ1) is 54.4. The number of primary amides is 1. The summed E-state index contributed by atoms with van der Waals surface area (Å²) < 4.78 is 0. The summed E-state index contributed by atoms with van der Waals surface area (Å²) in [5.41, 5.74) is 12.1. The number of pyridine rings is 1. The molecular formula is C82H123N13O18S2. The molecule has 2 bridgehead atoms. The Kier molecular flexibility index (Phi) is 42.1. The molecule has 2 aromatic carbocycles. The highest BCUT2D eigenvalue weighted by atomic mass is 32.2. The van der Waals surface area contributed by atoms with Crippen molar-refractivity contribution >= 4 is 112 Å². The maximum Gasteiger partial charge on any atom is 0.305 e. The topological polar surface area (TPSA) is 502 Å². The number of thioether (sulfide) groups is 2. The Hall–Kier alpha value is -9.50. The number of ketones is 3. The van der Waals surface area contributed by atoms with Crippen LogP contribution in [0.5, 0.6) is 11.5 Å². The minimum absolute atomic E-state index is 0.0894. The number of nitrogens with one attached hydrogen (secondary N) is 10. The number of carbonyl (C=O) groups excluding carboxylic acids is 14. The lowest BCUT2D eigenvalue weighted by Gasteiger charge is -2.33. The van der Waals surface area contributed by atoms with Crippen molar-refractivity contribution in [1.29, 1.82) is 0 Å². The molecule has 31 nitrogen and oxygen atoms in total. The average Bonchev–Trinajstić information content (AvgIpc) is 0.918. The number of aromatic nitrogens is 1. The number of nitrogens with two attached hydrogens (primary N) is 2. The summed E-state index contributed by atoms with van der Waals surface area (Å²) in [7, 11) is 0. The van der Waals surface area contributed by atoms with E-state index in [4.69, 9.17) is 16.5 Å². The van der Waals surface area contributed by atoms with E-state index >= 15 is 14.4 Å². The number of carboxylic acid groups (broad SMARTS) is 1. The van der Waals surface area contributed by atoms with E-state index in [-0.39, 0.29) is 79.0 Å². The quantitative estimate of drug-likeness (QED) is 0.0350. The molecule has 2 heterocycles. The monoisotopic (exact) mass is 1640 g/mol. The summed E-state index contributed by atoms with van der Waals surface area (Å²) in [6.45, 7) is 19.9. The molecule has 15 atom stereocenters. The van der Waals surface area contributed by atoms with E-state index in [1.54, 1.807) is 85.7 Å². The van der Waals surface area contributed by atoms with Crippen LogP contribution >= 0.6 is 23.5 Å². The van der Waals surface area contributed by atoms with Crippen LogP contribution in [0.2, 0.25) is 0 Å². The minimum atomic E-state index is -1.83. The largest absolute Gasteiger partial charge is 0.508 e. The van der Waals surface area contributed by atoms with Crippen molar-refractivity contribution in [2.24, 2.45) is 52.4 Å². The molecule has 0 radical (unpaired) electrons. The molecule has 0 spiro atoms. The molecule has 1 aliphatic heterocycles. The van der Waals surface area contributed by atoms with E-state index in [0.29, 0.717) is 74.0 Å². The normalized spacial score (nSPS) is 19.7. The first-order valence-corrected chi connectivity index (χ1v) is 42.1. The first-order valence-electron chi connectivity index (χ1n) is 39.8. The van der Waals surface area contributed by atoms with Gasteiger partial charge in [0.1, 0.15) is 47.8 Å². The van der Waals surface area contributed by atoms with E-state index in [1.807, 2.05) is 20.8 Å². The highest BCUT2D eigenvalue weighted by molar-refractivity contribution is 7.98. The Morgan fingerprint density at radius 1 is 0.609 bits per heavy atom. The van der Waals surface area contributed by atoms with E-state index in [1.165, 1.54) is 55.1 Å². The second-order valence-electron chi connectivity index (χ2n) is 31.0. The van der Waals surface area contributed by atoms with Crippen LogP contribution < -0.4 is 64.6 Å². The van der Waals surface area contributed by atoms with Gasteiger partial charge in [0.2, 0.25) is 65.0 Å². The number of hydrogen-bond donors (Lipinski definition) is 15. The number of carboxylic acids is 1. The Bertz CT molecular complexity index is 3790. The maximum absolute atomic E-state index is 15.4. The number of Topliss-reactive ketones (excluding diaryl/α,β-unsaturated/α-hetero) is 3. The number of aliphatic carboxylic acids is 1. The molecule has 11 amide bonds. The highest BCUT2D eigenvalue weighted by Crippen LogP contribution is 2.28. The van der Waals surface area contributed by atoms with Gasteiger partial charge in [0, 0.05) is 67.0 Å². The van der Waals surface area contributed by atoms with Crippen LogP contribution in [-0.2, 0) is 96.3 Å². The number of carbonyl (C=O) groups is 15. The van der Waals surface area contributed by atoms with Gasteiger partial charge >= 0.3 is 5.97 Å². The van der Waals surface area contributed by atoms with Gasteiger partial charge in [-0.2, -0.15) is 23.5 Å². The van der Waals surface area contributed by atoms with E-state index in [0.717, 1.165) is 11.8 Å². The SMILES string of the molecule is CCC[C@H](NC(=O)[C@@H](CC(=O)[C@H](CCC)NC(=O)[C@@H](CC(=O)[C@@H]1CSCc2cccc(n2)CSC[C@H](NC(=O)[C@@H](NC(=O)[C@@H](NC(=O)[C@H](CCCCN)NC(C)=O)[C@@H](C)CC)[C@@H](C)CC)C(=O)N[C@@H](C(C)(C)C)C(=O)NCC(=O)N[C@@H](CC(=O)O)C(=O)C[C@@H](Cc2ccc(O)cc2)C(=O)N1)Cc1ccc(O)cc1)[C@@H](C)CC)C(N)=O. The smallest absolute Gasteiger partial charge is 0.305 e. The third-order valence-electron chi connectivity index (χ3n) is 20.5. The van der Waals surface area contributed by atoms with Crippen molar-refractivity contribution in [3.8, 4) is 11.5 Å². The Labute approximate surface area is 683 Å². The molecule has 115 heavy (non-hydrogen) atoms. The molecule has 17 N–H and O–H groups in total. The number of amides is 11. The van der Waals surface area contributed by atoms with Crippen molar-refractivity contribution < 1.29 is 87.2 Å². The van der Waals surface area contributed by atoms with Gasteiger partial charge in [-0.25, -0.2) is 0 Å². The molecule has 0 saturated heterocycles. The molecule has 0 unspecified atom stereocenters. The summed E-state index contributed by atoms with van der Waals surface area (Å²) in [5, 5.41) is 57.9. The second-order valence-corrected chi connectivity index (χ2v) is 33.1. The van der Waals surface area contributed by atoms with Gasteiger partial charge in [-0.3, -0.25) is 76.9 Å². The molecule has 3 aromatic rings. The van der Waals surface area contributed by atoms with Gasteiger partial charge in [-0.15, -0.1) is 0 Å². The van der Waals surface area contributed by atoms with Crippen LogP contribution in [0.4, 0.5) is 0 Å². The molecule has 1 aliphatic rings. The minimum Gasteiger partial charge on any atom is -0.508 e. The van der Waals surface area contributed by atoms with Crippen molar-refractivity contribution in [2.75, 3.05) is 24.6 Å². The standard InChI is InChI=1S/C82H123N13O18S2/c1-13-21-59(67(101)39-58(46(6)15-3)76(108)90-60(22-14-2)73(84)105)89-74(106)53(36-51-28-32-57(98)33-29-51)38-66(100)63-44-114-42-54-23-20-24-55(87-54)43-115-45-64(92-79(111)70(47(7)16-4)94-80(112)71(48(8)17-5)93-77(109)61(86-49(9)96)25-18-19-34-83)78(110)95-72(82(10,11)12)81(113)85-41-68(102)88-62(40-69(103)104)65(99)37-52(75(107)91-63)35-50-26-30-56(97)31-27-50/h20,23-24,26-33,46-48,52-53,58-64,70-72,97-98H,13-19,21-22,25,34-45,83H2,1-12H3,(H2,84,105)(H,85,113)(H,86,96)(H,88,102)(H,89,106)(H,90,108)(H,91,107)(H,92,111)(H,93,109)(H,94,112)(H,95,110)(H,103,104)/t46-,47-,48-,52+,53+,58-,59-,60-,61-,62-,63-,64-,70-,71-,72+/m0/s1. The second kappa shape index (κ2) is 49.4. The summed E-state index contributed by atoms with van der Waals surface area (Å²) in [6.07, 6.45) is 0.824. The van der Waals surface area contributed by atoms with Gasteiger partial charge in [0.25, 0.3) is 0 Å². The van der Waals surface area contributed by atoms with Gasteiger partial charge in [0.05, 0.1) is 42.5 Å². The predicted octanol–water partition coefficient (Wildman–Crippen LogP) is 4.56. The number of benzene rings is 2. The molecule has 636 valence electrons. The molecule has 0 saturated carbocycles. The molecule has 0 aliphatic carbocycles. The van der Waals surface area contributed by atoms with Crippen molar-refractivity contribution in [3.63, 3.8) is 0 Å². The number of rotatable bonds is 38. The van der Waals surface area contributed by atoms with E-state index < -0.39 is 203 Å². The summed E-state index contributed by atoms with van der Waals surface area (Å²) in [4.78, 5) is 217.